The van der Waals surface area contributed by atoms with Gasteiger partial charge in [0.2, 0.25) is 11.2 Å². The lowest BCUT2D eigenvalue weighted by Gasteiger charge is -2.00. The Morgan fingerprint density at radius 1 is 0.850 bits per heavy atom. The predicted molar refractivity (Wildman–Crippen MR) is 82.2 cm³/mol. The number of aromatic nitrogens is 1. The number of pyridine rings is 1. The number of fused-ring (bicyclic) bond motifs is 1. The fourth-order valence-corrected chi connectivity index (χ4v) is 2.33. The van der Waals surface area contributed by atoms with Crippen LogP contribution in [0.4, 0.5) is 0 Å². The highest BCUT2D eigenvalue weighted by Gasteiger charge is 2.08. The van der Waals surface area contributed by atoms with Crippen LogP contribution in [-0.2, 0) is 7.05 Å². The molecule has 0 aliphatic carbocycles. The molecule has 0 radical (unpaired) electrons. The van der Waals surface area contributed by atoms with E-state index in [0.717, 1.165) is 11.3 Å². The van der Waals surface area contributed by atoms with Crippen LogP contribution in [0.15, 0.2) is 60.7 Å². The van der Waals surface area contributed by atoms with Crippen LogP contribution in [0, 0.1) is 0 Å². The van der Waals surface area contributed by atoms with Crippen LogP contribution in [0.5, 0.6) is 5.75 Å². The van der Waals surface area contributed by atoms with Crippen molar-refractivity contribution in [2.75, 3.05) is 0 Å². The average Bonchev–Trinajstić information content (AvgIpc) is 2.48. The monoisotopic (exact) mass is 262 g/mol. The first kappa shape index (κ1) is 12.4. The van der Waals surface area contributed by atoms with E-state index in [9.17, 15) is 5.11 Å². The highest BCUT2D eigenvalue weighted by atomic mass is 16.3. The molecule has 0 atom stereocenters. The molecule has 0 aliphatic rings. The van der Waals surface area contributed by atoms with E-state index in [4.69, 9.17) is 0 Å². The Bertz CT molecular complexity index is 790. The van der Waals surface area contributed by atoms with Crippen molar-refractivity contribution in [1.29, 1.82) is 0 Å². The van der Waals surface area contributed by atoms with Gasteiger partial charge in [0.05, 0.1) is 0 Å². The van der Waals surface area contributed by atoms with Crippen LogP contribution < -0.4 is 4.57 Å². The van der Waals surface area contributed by atoms with Gasteiger partial charge in [0.15, 0.2) is 0 Å². The van der Waals surface area contributed by atoms with Gasteiger partial charge in [0, 0.05) is 29.2 Å². The van der Waals surface area contributed by atoms with Gasteiger partial charge in [-0.2, -0.15) is 4.57 Å². The fourth-order valence-electron chi connectivity index (χ4n) is 2.33. The van der Waals surface area contributed by atoms with E-state index in [1.165, 1.54) is 10.9 Å². The first-order valence-electron chi connectivity index (χ1n) is 6.59. The third-order valence-electron chi connectivity index (χ3n) is 3.49. The minimum Gasteiger partial charge on any atom is -0.507 e. The molecule has 0 saturated heterocycles. The van der Waals surface area contributed by atoms with Crippen molar-refractivity contribution in [2.24, 2.45) is 7.05 Å². The number of phenolic OH excluding ortho intramolecular Hbond substituents is 1. The molecule has 0 unspecified atom stereocenters. The van der Waals surface area contributed by atoms with Crippen molar-refractivity contribution in [2.45, 2.75) is 0 Å². The number of aryl methyl sites for hydroxylation is 1. The van der Waals surface area contributed by atoms with E-state index in [0.29, 0.717) is 5.75 Å². The molecule has 0 saturated carbocycles. The maximum atomic E-state index is 9.77. The van der Waals surface area contributed by atoms with Gasteiger partial charge >= 0.3 is 0 Å². The van der Waals surface area contributed by atoms with Gasteiger partial charge in [0.1, 0.15) is 12.8 Å². The number of benzene rings is 2. The Kier molecular flexibility index (Phi) is 3.21. The molecule has 20 heavy (non-hydrogen) atoms. The maximum absolute atomic E-state index is 9.77. The Labute approximate surface area is 118 Å². The van der Waals surface area contributed by atoms with Crippen molar-refractivity contribution in [1.82, 2.24) is 0 Å². The molecule has 98 valence electrons. The molecule has 3 rings (SSSR count). The summed E-state index contributed by atoms with van der Waals surface area (Å²) in [5, 5.41) is 11.0. The fraction of sp³-hybridized carbons (Fsp3) is 0.0556. The highest BCUT2D eigenvalue weighted by Crippen LogP contribution is 2.18. The summed E-state index contributed by atoms with van der Waals surface area (Å²) in [6, 6.07) is 19.8. The molecule has 2 heteroatoms. The third-order valence-corrected chi connectivity index (χ3v) is 3.49. The second kappa shape index (κ2) is 5.17. The van der Waals surface area contributed by atoms with Crippen molar-refractivity contribution in [3.63, 3.8) is 0 Å². The van der Waals surface area contributed by atoms with Crippen LogP contribution in [0.2, 0.25) is 0 Å². The molecule has 2 nitrogen and oxygen atoms in total. The molecule has 1 N–H and O–H groups in total. The van der Waals surface area contributed by atoms with Gasteiger partial charge in [-0.15, -0.1) is 0 Å². The van der Waals surface area contributed by atoms with Gasteiger partial charge in [0.25, 0.3) is 0 Å². The molecule has 0 fully saturated rings. The van der Waals surface area contributed by atoms with E-state index in [1.807, 2.05) is 49.5 Å². The van der Waals surface area contributed by atoms with Gasteiger partial charge in [-0.25, -0.2) is 0 Å². The Hall–Kier alpha value is -2.61. The summed E-state index contributed by atoms with van der Waals surface area (Å²) in [5.41, 5.74) is 3.10. The minimum absolute atomic E-state index is 0.298. The summed E-state index contributed by atoms with van der Waals surface area (Å²) in [6.45, 7) is 0. The van der Waals surface area contributed by atoms with E-state index in [2.05, 4.69) is 28.8 Å². The number of hydrogen-bond donors (Lipinski definition) is 1. The Morgan fingerprint density at radius 3 is 2.45 bits per heavy atom. The van der Waals surface area contributed by atoms with Gasteiger partial charge < -0.3 is 5.11 Å². The lowest BCUT2D eigenvalue weighted by Crippen LogP contribution is -2.32. The summed E-state index contributed by atoms with van der Waals surface area (Å²) < 4.78 is 2.14. The lowest BCUT2D eigenvalue weighted by atomic mass is 10.1. The quantitative estimate of drug-likeness (QED) is 0.702. The summed E-state index contributed by atoms with van der Waals surface area (Å²) in [7, 11) is 2.05. The second-order valence-corrected chi connectivity index (χ2v) is 4.77. The van der Waals surface area contributed by atoms with Gasteiger partial charge in [-0.1, -0.05) is 30.3 Å². The topological polar surface area (TPSA) is 24.1 Å². The van der Waals surface area contributed by atoms with Crippen LogP contribution in [0.3, 0.4) is 0 Å². The average molecular weight is 262 g/mol. The van der Waals surface area contributed by atoms with E-state index in [1.54, 1.807) is 6.07 Å². The van der Waals surface area contributed by atoms with Crippen LogP contribution >= 0.6 is 0 Å². The molecule has 3 aromatic rings. The zero-order valence-electron chi connectivity index (χ0n) is 11.3. The zero-order valence-corrected chi connectivity index (χ0v) is 11.3. The smallest absolute Gasteiger partial charge is 0.212 e. The second-order valence-electron chi connectivity index (χ2n) is 4.77. The Morgan fingerprint density at radius 2 is 1.60 bits per heavy atom. The normalized spacial score (nSPS) is 11.2. The van der Waals surface area contributed by atoms with Crippen molar-refractivity contribution < 1.29 is 9.67 Å². The van der Waals surface area contributed by atoms with E-state index < -0.39 is 0 Å². The lowest BCUT2D eigenvalue weighted by molar-refractivity contribution is -0.646. The Balaban J connectivity index is 2.03. The maximum Gasteiger partial charge on any atom is 0.212 e. The van der Waals surface area contributed by atoms with E-state index >= 15 is 0 Å². The number of phenols is 1. The number of rotatable bonds is 2. The summed E-state index contributed by atoms with van der Waals surface area (Å²) in [6.07, 6.45) is 3.95. The molecule has 2 aromatic carbocycles. The number of nitrogens with zero attached hydrogens (tertiary/aromatic N) is 1. The minimum atomic E-state index is 0.298. The molecule has 0 spiro atoms. The molecule has 0 bridgehead atoms. The SMILES string of the molecule is C[n+]1c(/C=C/c2ccccc2O)ccc2ccccc21. The zero-order chi connectivity index (χ0) is 13.9. The van der Waals surface area contributed by atoms with Crippen LogP contribution in [0.25, 0.3) is 23.1 Å². The summed E-state index contributed by atoms with van der Waals surface area (Å²) >= 11 is 0. The summed E-state index contributed by atoms with van der Waals surface area (Å²) in [4.78, 5) is 0. The molecule has 0 amide bonds. The highest BCUT2D eigenvalue weighted by molar-refractivity contribution is 5.77. The van der Waals surface area contributed by atoms with Crippen LogP contribution in [0.1, 0.15) is 11.3 Å². The van der Waals surface area contributed by atoms with Gasteiger partial charge in [-0.05, 0) is 24.3 Å². The molecular weight excluding hydrogens is 246 g/mol. The standard InChI is InChI=1S/C18H15NO/c1-19-16(12-10-14-6-2-4-8-17(14)19)13-11-15-7-3-5-9-18(15)20/h2-13H,1H3/p+1. The summed E-state index contributed by atoms with van der Waals surface area (Å²) in [5.74, 6) is 0.298. The van der Waals surface area contributed by atoms with Crippen LogP contribution in [-0.4, -0.2) is 5.11 Å². The number of aromatic hydroxyl groups is 1. The van der Waals surface area contributed by atoms with Crippen molar-refractivity contribution in [3.05, 3.63) is 71.9 Å². The molecule has 0 aliphatic heterocycles. The molecule has 1 aromatic heterocycles. The predicted octanol–water partition coefficient (Wildman–Crippen LogP) is 3.54. The number of hydrogen-bond acceptors (Lipinski definition) is 1. The first-order valence-corrected chi connectivity index (χ1v) is 6.59. The largest absolute Gasteiger partial charge is 0.507 e. The number of para-hydroxylation sites is 2. The van der Waals surface area contributed by atoms with Gasteiger partial charge in [-0.3, -0.25) is 0 Å². The van der Waals surface area contributed by atoms with Crippen molar-refractivity contribution in [3.8, 4) is 5.75 Å². The first-order chi connectivity index (χ1) is 9.75. The van der Waals surface area contributed by atoms with Crippen molar-refractivity contribution >= 4 is 23.1 Å². The van der Waals surface area contributed by atoms with E-state index in [-0.39, 0.29) is 0 Å². The molecule has 1 heterocycles. The molecular formula is C18H16NO+. The third kappa shape index (κ3) is 2.28.